The van der Waals surface area contributed by atoms with Gasteiger partial charge in [-0.3, -0.25) is 19.5 Å². The number of hydrogen-bond acceptors (Lipinski definition) is 7. The van der Waals surface area contributed by atoms with Gasteiger partial charge in [-0.25, -0.2) is 15.0 Å². The first-order chi connectivity index (χ1) is 17.3. The van der Waals surface area contributed by atoms with Crippen molar-refractivity contribution < 1.29 is 9.59 Å². The molecule has 3 aromatic heterocycles. The van der Waals surface area contributed by atoms with Gasteiger partial charge in [0.1, 0.15) is 17.8 Å². The fourth-order valence-corrected chi connectivity index (χ4v) is 4.32. The lowest BCUT2D eigenvalue weighted by Crippen LogP contribution is -2.48. The van der Waals surface area contributed by atoms with Gasteiger partial charge in [-0.05, 0) is 18.9 Å². The molecule has 1 aliphatic carbocycles. The predicted molar refractivity (Wildman–Crippen MR) is 133 cm³/mol. The third kappa shape index (κ3) is 5.40. The Morgan fingerprint density at radius 1 is 1.17 bits per heavy atom. The lowest BCUT2D eigenvalue weighted by atomic mass is 9.92. The van der Waals surface area contributed by atoms with Gasteiger partial charge in [0.2, 0.25) is 5.91 Å². The molecule has 3 aromatic rings. The summed E-state index contributed by atoms with van der Waals surface area (Å²) in [6, 6.07) is 4.39. The Hall–Kier alpha value is -4.13. The molecule has 2 N–H and O–H groups in total. The van der Waals surface area contributed by atoms with Crippen molar-refractivity contribution in [1.29, 1.82) is 5.26 Å². The number of amides is 2. The molecule has 10 heteroatoms. The van der Waals surface area contributed by atoms with Crippen molar-refractivity contribution in [3.63, 3.8) is 0 Å². The fraction of sp³-hybridized carbons (Fsp3) is 0.423. The molecule has 36 heavy (non-hydrogen) atoms. The van der Waals surface area contributed by atoms with Crippen molar-refractivity contribution in [3.8, 4) is 6.07 Å². The number of anilines is 1. The van der Waals surface area contributed by atoms with E-state index in [9.17, 15) is 14.9 Å². The fourth-order valence-electron chi connectivity index (χ4n) is 4.32. The number of nitrogens with zero attached hydrogens (tertiary/aromatic N) is 6. The van der Waals surface area contributed by atoms with Gasteiger partial charge in [0.15, 0.2) is 11.5 Å². The van der Waals surface area contributed by atoms with Gasteiger partial charge in [-0.1, -0.05) is 46.1 Å². The maximum absolute atomic E-state index is 13.8. The molecule has 0 saturated heterocycles. The van der Waals surface area contributed by atoms with E-state index in [4.69, 9.17) is 0 Å². The number of aromatic nitrogens is 5. The monoisotopic (exact) mass is 486 g/mol. The van der Waals surface area contributed by atoms with E-state index >= 15 is 0 Å². The first kappa shape index (κ1) is 25.0. The van der Waals surface area contributed by atoms with E-state index in [0.29, 0.717) is 11.3 Å². The maximum atomic E-state index is 13.8. The molecule has 1 saturated carbocycles. The molecule has 0 bridgehead atoms. The van der Waals surface area contributed by atoms with Crippen LogP contribution in [0.25, 0.3) is 0 Å². The summed E-state index contributed by atoms with van der Waals surface area (Å²) in [5, 5.41) is 13.1. The van der Waals surface area contributed by atoms with Crippen LogP contribution < -0.4 is 10.2 Å². The number of aromatic amines is 1. The van der Waals surface area contributed by atoms with Gasteiger partial charge in [0.05, 0.1) is 24.4 Å². The zero-order valence-corrected chi connectivity index (χ0v) is 20.7. The van der Waals surface area contributed by atoms with Crippen LogP contribution in [-0.2, 0) is 10.2 Å². The third-order valence-corrected chi connectivity index (χ3v) is 6.26. The van der Waals surface area contributed by atoms with E-state index in [-0.39, 0.29) is 34.6 Å². The Labute approximate surface area is 210 Å². The highest BCUT2D eigenvalue weighted by Gasteiger charge is 2.38. The first-order valence-corrected chi connectivity index (χ1v) is 12.1. The summed E-state index contributed by atoms with van der Waals surface area (Å²) in [4.78, 5) is 48.9. The SMILES string of the molecule is CC(C)(C)c1cnc(N(C(=O)c2cnc[nH]2)C(C(=O)NC2CCCCC2)c2cccnc2)c(C#N)n1. The predicted octanol–water partition coefficient (Wildman–Crippen LogP) is 3.60. The van der Waals surface area contributed by atoms with Crippen molar-refractivity contribution in [2.24, 2.45) is 0 Å². The molecule has 1 fully saturated rings. The summed E-state index contributed by atoms with van der Waals surface area (Å²) in [6.07, 6.45) is 12.4. The largest absolute Gasteiger partial charge is 0.351 e. The Bertz CT molecular complexity index is 1240. The summed E-state index contributed by atoms with van der Waals surface area (Å²) < 4.78 is 0. The molecule has 2 amide bonds. The van der Waals surface area contributed by atoms with Crippen molar-refractivity contribution in [3.05, 3.63) is 65.9 Å². The zero-order chi connectivity index (χ0) is 25.7. The van der Waals surface area contributed by atoms with E-state index in [2.05, 4.69) is 36.3 Å². The maximum Gasteiger partial charge on any atom is 0.278 e. The highest BCUT2D eigenvalue weighted by Crippen LogP contribution is 2.31. The van der Waals surface area contributed by atoms with Crippen molar-refractivity contribution in [2.75, 3.05) is 4.90 Å². The molecule has 186 valence electrons. The Morgan fingerprint density at radius 3 is 2.56 bits per heavy atom. The van der Waals surface area contributed by atoms with Crippen LogP contribution in [-0.4, -0.2) is 42.8 Å². The molecule has 1 atom stereocenters. The number of H-pyrrole nitrogens is 1. The van der Waals surface area contributed by atoms with Crippen LogP contribution >= 0.6 is 0 Å². The lowest BCUT2D eigenvalue weighted by molar-refractivity contribution is -0.123. The van der Waals surface area contributed by atoms with Crippen LogP contribution in [0.15, 0.2) is 43.2 Å². The molecule has 4 rings (SSSR count). The number of carbonyl (C=O) groups is 2. The molecular weight excluding hydrogens is 456 g/mol. The minimum atomic E-state index is -1.13. The van der Waals surface area contributed by atoms with Crippen LogP contribution in [0.2, 0.25) is 0 Å². The topological polar surface area (TPSA) is 141 Å². The Morgan fingerprint density at radius 2 is 1.94 bits per heavy atom. The number of pyridine rings is 1. The van der Waals surface area contributed by atoms with Crippen LogP contribution in [0, 0.1) is 11.3 Å². The molecule has 10 nitrogen and oxygen atoms in total. The quantitative estimate of drug-likeness (QED) is 0.542. The number of imidazole rings is 1. The molecule has 1 unspecified atom stereocenters. The number of rotatable bonds is 6. The molecule has 0 radical (unpaired) electrons. The Balaban J connectivity index is 1.86. The van der Waals surface area contributed by atoms with Gasteiger partial charge >= 0.3 is 0 Å². The van der Waals surface area contributed by atoms with Crippen LogP contribution in [0.3, 0.4) is 0 Å². The summed E-state index contributed by atoms with van der Waals surface area (Å²) in [5.41, 5.74) is 0.830. The van der Waals surface area contributed by atoms with Crippen LogP contribution in [0.1, 0.15) is 86.4 Å². The van der Waals surface area contributed by atoms with Gasteiger partial charge in [0.25, 0.3) is 5.91 Å². The van der Waals surface area contributed by atoms with E-state index < -0.39 is 11.9 Å². The molecular formula is C26H30N8O2. The summed E-state index contributed by atoms with van der Waals surface area (Å²) in [5.74, 6) is -0.930. The molecule has 1 aliphatic rings. The summed E-state index contributed by atoms with van der Waals surface area (Å²) in [6.45, 7) is 5.88. The van der Waals surface area contributed by atoms with Crippen molar-refractivity contribution >= 4 is 17.6 Å². The second kappa shape index (κ2) is 10.6. The number of carbonyl (C=O) groups excluding carboxylic acids is 2. The van der Waals surface area contributed by atoms with Gasteiger partial charge in [-0.2, -0.15) is 5.26 Å². The minimum Gasteiger partial charge on any atom is -0.351 e. The van der Waals surface area contributed by atoms with Crippen LogP contribution in [0.4, 0.5) is 5.82 Å². The first-order valence-electron chi connectivity index (χ1n) is 12.1. The molecule has 0 aliphatic heterocycles. The molecule has 0 aromatic carbocycles. The van der Waals surface area contributed by atoms with E-state index in [0.717, 1.165) is 32.1 Å². The van der Waals surface area contributed by atoms with Gasteiger partial charge in [0, 0.05) is 29.4 Å². The molecule has 3 heterocycles. The average Bonchev–Trinajstić information content (AvgIpc) is 3.42. The van der Waals surface area contributed by atoms with Gasteiger partial charge in [-0.15, -0.1) is 0 Å². The Kier molecular flexibility index (Phi) is 7.38. The summed E-state index contributed by atoms with van der Waals surface area (Å²) >= 11 is 0. The highest BCUT2D eigenvalue weighted by molar-refractivity contribution is 6.09. The third-order valence-electron chi connectivity index (χ3n) is 6.26. The number of nitriles is 1. The number of hydrogen-bond donors (Lipinski definition) is 2. The minimum absolute atomic E-state index is 0.00209. The van der Waals surface area contributed by atoms with Gasteiger partial charge < -0.3 is 10.3 Å². The standard InChI is InChI=1S/C26H30N8O2/c1-26(2,3)21-15-30-23(19(12-27)33-21)34(25(36)20-14-29-16-31-20)22(17-8-7-11-28-13-17)24(35)32-18-9-5-4-6-10-18/h7-8,11,13-16,18,22H,4-6,9-10H2,1-3H3,(H,29,31)(H,32,35). The molecule has 0 spiro atoms. The lowest BCUT2D eigenvalue weighted by Gasteiger charge is -2.32. The van der Waals surface area contributed by atoms with E-state index in [1.165, 1.54) is 17.4 Å². The second-order valence-corrected chi connectivity index (χ2v) is 9.96. The number of nitrogens with one attached hydrogen (secondary N) is 2. The highest BCUT2D eigenvalue weighted by atomic mass is 16.2. The second-order valence-electron chi connectivity index (χ2n) is 9.96. The normalized spacial score (nSPS) is 15.1. The van der Waals surface area contributed by atoms with Crippen molar-refractivity contribution in [2.45, 2.75) is 70.4 Å². The zero-order valence-electron chi connectivity index (χ0n) is 20.7. The van der Waals surface area contributed by atoms with Crippen molar-refractivity contribution in [1.82, 2.24) is 30.2 Å². The summed E-state index contributed by atoms with van der Waals surface area (Å²) in [7, 11) is 0. The van der Waals surface area contributed by atoms with Crippen LogP contribution in [0.5, 0.6) is 0 Å². The average molecular weight is 487 g/mol. The van der Waals surface area contributed by atoms with E-state index in [1.807, 2.05) is 20.8 Å². The van der Waals surface area contributed by atoms with E-state index in [1.54, 1.807) is 30.7 Å². The smallest absolute Gasteiger partial charge is 0.278 e.